The molecule has 1 aliphatic carbocycles. The van der Waals surface area contributed by atoms with Crippen LogP contribution >= 0.6 is 0 Å². The fourth-order valence-corrected chi connectivity index (χ4v) is 7.41. The third kappa shape index (κ3) is 3.24. The van der Waals surface area contributed by atoms with Gasteiger partial charge in [0.25, 0.3) is 0 Å². The van der Waals surface area contributed by atoms with Crippen LogP contribution in [-0.4, -0.2) is 0 Å². The van der Waals surface area contributed by atoms with Crippen molar-refractivity contribution in [1.29, 1.82) is 0 Å². The van der Waals surface area contributed by atoms with Crippen molar-refractivity contribution >= 4 is 0 Å². The van der Waals surface area contributed by atoms with Crippen molar-refractivity contribution in [2.45, 2.75) is 24.7 Å². The maximum absolute atomic E-state index is 6.82. The second kappa shape index (κ2) is 8.81. The van der Waals surface area contributed by atoms with Crippen LogP contribution < -0.4 is 4.74 Å². The molecule has 196 valence electrons. The molecule has 6 aromatic carbocycles. The van der Waals surface area contributed by atoms with Crippen LogP contribution in [0.3, 0.4) is 0 Å². The molecule has 0 amide bonds. The number of ether oxygens (including phenoxy) is 1. The minimum atomic E-state index is -0.476. The van der Waals surface area contributed by atoms with E-state index in [4.69, 9.17) is 4.74 Å². The highest BCUT2D eigenvalue weighted by molar-refractivity contribution is 5.94. The first-order chi connectivity index (χ1) is 20.1. The zero-order chi connectivity index (χ0) is 27.6. The number of hydrogen-bond donors (Lipinski definition) is 0. The molecule has 0 atom stereocenters. The Bertz CT molecular complexity index is 1890. The standard InChI is InChI=1S/C40H30O/c1-39(2)34-24-11-12-26-36(34)41-38-32(22-14-25-35(38)39)31-21-13-20-30-29-19-9-10-23-33(29)40(37(30)31,27-15-5-3-6-16-27)28-17-7-4-8-18-28/h3-26H,1-2H3. The van der Waals surface area contributed by atoms with E-state index in [1.54, 1.807) is 0 Å². The van der Waals surface area contributed by atoms with Gasteiger partial charge >= 0.3 is 0 Å². The summed E-state index contributed by atoms with van der Waals surface area (Å²) in [6.07, 6.45) is 0. The molecule has 0 saturated heterocycles. The molecule has 2 aliphatic rings. The van der Waals surface area contributed by atoms with Crippen LogP contribution in [0.15, 0.2) is 146 Å². The summed E-state index contributed by atoms with van der Waals surface area (Å²) in [5, 5.41) is 0. The Morgan fingerprint density at radius 3 is 1.61 bits per heavy atom. The topological polar surface area (TPSA) is 9.23 Å². The smallest absolute Gasteiger partial charge is 0.139 e. The molecule has 0 N–H and O–H groups in total. The molecule has 41 heavy (non-hydrogen) atoms. The van der Waals surface area contributed by atoms with Gasteiger partial charge in [0.1, 0.15) is 11.5 Å². The Labute approximate surface area is 241 Å². The van der Waals surface area contributed by atoms with E-state index in [0.29, 0.717) is 0 Å². The summed E-state index contributed by atoms with van der Waals surface area (Å²) in [6, 6.07) is 52.8. The first-order valence-electron chi connectivity index (χ1n) is 14.4. The predicted molar refractivity (Wildman–Crippen MR) is 168 cm³/mol. The molecule has 0 spiro atoms. The third-order valence-corrected chi connectivity index (χ3v) is 9.23. The SMILES string of the molecule is CC1(C)c2ccccc2Oc2c(-c3cccc4c3C(c3ccccc3)(c3ccccc3)c3ccccc3-4)cccc21. The molecule has 1 aliphatic heterocycles. The second-order valence-electron chi connectivity index (χ2n) is 11.7. The van der Waals surface area contributed by atoms with Crippen molar-refractivity contribution in [3.63, 3.8) is 0 Å². The van der Waals surface area contributed by atoms with Crippen molar-refractivity contribution in [3.8, 4) is 33.8 Å². The predicted octanol–water partition coefficient (Wildman–Crippen LogP) is 10.1. The lowest BCUT2D eigenvalue weighted by Gasteiger charge is -2.37. The first-order valence-corrected chi connectivity index (χ1v) is 14.4. The Kier molecular flexibility index (Phi) is 5.15. The maximum Gasteiger partial charge on any atom is 0.139 e. The third-order valence-electron chi connectivity index (χ3n) is 9.23. The van der Waals surface area contributed by atoms with E-state index in [-0.39, 0.29) is 5.41 Å². The lowest BCUT2D eigenvalue weighted by Crippen LogP contribution is -2.29. The summed E-state index contributed by atoms with van der Waals surface area (Å²) in [6.45, 7) is 4.61. The lowest BCUT2D eigenvalue weighted by molar-refractivity contribution is 0.419. The minimum Gasteiger partial charge on any atom is -0.456 e. The summed E-state index contributed by atoms with van der Waals surface area (Å²) < 4.78 is 6.82. The second-order valence-corrected chi connectivity index (χ2v) is 11.7. The van der Waals surface area contributed by atoms with Crippen molar-refractivity contribution in [2.24, 2.45) is 0 Å². The molecule has 0 saturated carbocycles. The number of hydrogen-bond acceptors (Lipinski definition) is 1. The molecule has 1 heterocycles. The number of benzene rings is 6. The van der Waals surface area contributed by atoms with E-state index in [2.05, 4.69) is 159 Å². The molecule has 0 unspecified atom stereocenters. The van der Waals surface area contributed by atoms with Gasteiger partial charge in [-0.3, -0.25) is 0 Å². The van der Waals surface area contributed by atoms with E-state index in [9.17, 15) is 0 Å². The quantitative estimate of drug-likeness (QED) is 0.223. The fourth-order valence-electron chi connectivity index (χ4n) is 7.41. The van der Waals surface area contributed by atoms with E-state index in [0.717, 1.165) is 17.1 Å². The molecule has 0 aromatic heterocycles. The highest BCUT2D eigenvalue weighted by atomic mass is 16.5. The number of para-hydroxylation sites is 2. The zero-order valence-corrected chi connectivity index (χ0v) is 23.3. The van der Waals surface area contributed by atoms with Crippen molar-refractivity contribution in [1.82, 2.24) is 0 Å². The molecule has 1 heteroatoms. The molecule has 0 fully saturated rings. The molecule has 8 rings (SSSR count). The highest BCUT2D eigenvalue weighted by Crippen LogP contribution is 2.60. The summed E-state index contributed by atoms with van der Waals surface area (Å²) >= 11 is 0. The molecule has 6 aromatic rings. The number of rotatable bonds is 3. The lowest BCUT2D eigenvalue weighted by atomic mass is 9.66. The fraction of sp³-hybridized carbons (Fsp3) is 0.100. The Hall–Kier alpha value is -4.88. The van der Waals surface area contributed by atoms with E-state index < -0.39 is 5.41 Å². The van der Waals surface area contributed by atoms with Gasteiger partial charge in [0.05, 0.1) is 5.41 Å². The first kappa shape index (κ1) is 24.0. The molecular formula is C40H30O. The summed E-state index contributed by atoms with van der Waals surface area (Å²) in [4.78, 5) is 0. The van der Waals surface area contributed by atoms with E-state index in [1.807, 2.05) is 0 Å². The van der Waals surface area contributed by atoms with Crippen molar-refractivity contribution in [2.75, 3.05) is 0 Å². The van der Waals surface area contributed by atoms with E-state index >= 15 is 0 Å². The van der Waals surface area contributed by atoms with Gasteiger partial charge in [-0.1, -0.05) is 153 Å². The van der Waals surface area contributed by atoms with Crippen molar-refractivity contribution in [3.05, 3.63) is 179 Å². The molecular weight excluding hydrogens is 496 g/mol. The normalized spacial score (nSPS) is 15.2. The summed E-state index contributed by atoms with van der Waals surface area (Å²) in [5.74, 6) is 1.89. The Morgan fingerprint density at radius 2 is 0.902 bits per heavy atom. The number of fused-ring (bicyclic) bond motifs is 5. The van der Waals surface area contributed by atoms with Gasteiger partial charge in [-0.2, -0.15) is 0 Å². The van der Waals surface area contributed by atoms with Gasteiger partial charge in [0.2, 0.25) is 0 Å². The Balaban J connectivity index is 1.49. The van der Waals surface area contributed by atoms with Gasteiger partial charge in [-0.05, 0) is 45.0 Å². The molecule has 0 bridgehead atoms. The maximum atomic E-state index is 6.82. The molecule has 0 radical (unpaired) electrons. The summed E-state index contributed by atoms with van der Waals surface area (Å²) in [5.41, 5.74) is 11.8. The van der Waals surface area contributed by atoms with Gasteiger partial charge in [-0.25, -0.2) is 0 Å². The van der Waals surface area contributed by atoms with Crippen LogP contribution in [0.5, 0.6) is 11.5 Å². The zero-order valence-electron chi connectivity index (χ0n) is 23.3. The summed E-state index contributed by atoms with van der Waals surface area (Å²) in [7, 11) is 0. The van der Waals surface area contributed by atoms with Crippen LogP contribution in [0.4, 0.5) is 0 Å². The average Bonchev–Trinajstić information content (AvgIpc) is 3.33. The largest absolute Gasteiger partial charge is 0.456 e. The van der Waals surface area contributed by atoms with Crippen LogP contribution in [0, 0.1) is 0 Å². The highest BCUT2D eigenvalue weighted by Gasteiger charge is 2.48. The van der Waals surface area contributed by atoms with Crippen LogP contribution in [0.2, 0.25) is 0 Å². The minimum absolute atomic E-state index is 0.183. The van der Waals surface area contributed by atoms with Gasteiger partial charge < -0.3 is 4.74 Å². The monoisotopic (exact) mass is 526 g/mol. The average molecular weight is 527 g/mol. The molecule has 1 nitrogen and oxygen atoms in total. The van der Waals surface area contributed by atoms with Gasteiger partial charge in [-0.15, -0.1) is 0 Å². The van der Waals surface area contributed by atoms with E-state index in [1.165, 1.54) is 50.1 Å². The van der Waals surface area contributed by atoms with Crippen molar-refractivity contribution < 1.29 is 4.74 Å². The van der Waals surface area contributed by atoms with Crippen LogP contribution in [0.25, 0.3) is 22.3 Å². The Morgan fingerprint density at radius 1 is 0.415 bits per heavy atom. The van der Waals surface area contributed by atoms with Crippen LogP contribution in [-0.2, 0) is 10.8 Å². The van der Waals surface area contributed by atoms with Gasteiger partial charge in [0, 0.05) is 22.1 Å². The van der Waals surface area contributed by atoms with Gasteiger partial charge in [0.15, 0.2) is 0 Å². The van der Waals surface area contributed by atoms with Crippen LogP contribution in [0.1, 0.15) is 47.2 Å².